The van der Waals surface area contributed by atoms with Gasteiger partial charge in [0.1, 0.15) is 5.75 Å². The summed E-state index contributed by atoms with van der Waals surface area (Å²) in [6.45, 7) is 4.25. The van der Waals surface area contributed by atoms with E-state index in [1.54, 1.807) is 12.1 Å². The largest absolute Gasteiger partial charge is 0.493 e. The highest BCUT2D eigenvalue weighted by molar-refractivity contribution is 6.06. The number of esters is 1. The smallest absolute Gasteiger partial charge is 0.309 e. The number of Topliss-reactive ketones (excluding diaryl/α,β-unsaturated/α-hetero) is 1. The molecule has 2 N–H and O–H groups in total. The number of ether oxygens (including phenoxy) is 2. The van der Waals surface area contributed by atoms with E-state index >= 15 is 0 Å². The fourth-order valence-corrected chi connectivity index (χ4v) is 2.54. The molecule has 0 aliphatic rings. The fraction of sp³-hybridized carbons (Fsp3) is 0.273. The number of hydrogen-bond donors (Lipinski definition) is 2. The molecule has 0 aliphatic carbocycles. The van der Waals surface area contributed by atoms with Gasteiger partial charge in [-0.15, -0.1) is 0 Å². The maximum absolute atomic E-state index is 12.5. The first-order valence-corrected chi connectivity index (χ1v) is 9.32. The Morgan fingerprint density at radius 1 is 0.900 bits per heavy atom. The molecule has 2 aromatic rings. The van der Waals surface area contributed by atoms with Crippen molar-refractivity contribution >= 4 is 34.9 Å². The summed E-state index contributed by atoms with van der Waals surface area (Å²) in [4.78, 5) is 47.0. The number of rotatable bonds is 9. The Hall–Kier alpha value is -3.68. The number of carbonyl (C=O) groups excluding carboxylic acids is 4. The summed E-state index contributed by atoms with van der Waals surface area (Å²) in [5, 5.41) is 5.11. The molecule has 0 aliphatic heterocycles. The fourth-order valence-electron chi connectivity index (χ4n) is 2.54. The van der Waals surface area contributed by atoms with Crippen LogP contribution >= 0.6 is 0 Å². The van der Waals surface area contributed by atoms with Gasteiger partial charge in [-0.3, -0.25) is 19.2 Å². The Bertz CT molecular complexity index is 937. The highest BCUT2D eigenvalue weighted by Crippen LogP contribution is 2.22. The highest BCUT2D eigenvalue weighted by atomic mass is 16.5. The lowest BCUT2D eigenvalue weighted by atomic mass is 10.1. The lowest BCUT2D eigenvalue weighted by Crippen LogP contribution is -2.18. The molecule has 0 bridgehead atoms. The van der Waals surface area contributed by atoms with E-state index in [0.29, 0.717) is 11.4 Å². The molecule has 2 rings (SSSR count). The van der Waals surface area contributed by atoms with Crippen LogP contribution in [-0.2, 0) is 19.1 Å². The first-order chi connectivity index (χ1) is 14.2. The predicted octanol–water partition coefficient (Wildman–Crippen LogP) is 3.11. The van der Waals surface area contributed by atoms with E-state index in [9.17, 15) is 19.2 Å². The Labute approximate surface area is 174 Å². The van der Waals surface area contributed by atoms with Crippen LogP contribution in [0.1, 0.15) is 36.2 Å². The number of aryl methyl sites for hydroxylation is 1. The summed E-state index contributed by atoms with van der Waals surface area (Å²) >= 11 is 0. The zero-order chi connectivity index (χ0) is 22.1. The van der Waals surface area contributed by atoms with E-state index in [-0.39, 0.29) is 36.1 Å². The van der Waals surface area contributed by atoms with Crippen LogP contribution in [0.3, 0.4) is 0 Å². The van der Waals surface area contributed by atoms with E-state index in [2.05, 4.69) is 10.6 Å². The molecule has 2 amide bonds. The number of benzene rings is 2. The third-order valence-corrected chi connectivity index (χ3v) is 3.91. The van der Waals surface area contributed by atoms with Gasteiger partial charge in [-0.05, 0) is 37.3 Å². The van der Waals surface area contributed by atoms with Gasteiger partial charge in [-0.1, -0.05) is 17.7 Å². The lowest BCUT2D eigenvalue weighted by molar-refractivity contribution is -0.143. The number of carbonyl (C=O) groups is 4. The van der Waals surface area contributed by atoms with Crippen LogP contribution in [0.25, 0.3) is 0 Å². The van der Waals surface area contributed by atoms with Crippen LogP contribution in [0.2, 0.25) is 0 Å². The second kappa shape index (κ2) is 10.8. The molecule has 2 aromatic carbocycles. The normalized spacial score (nSPS) is 10.1. The molecular weight excluding hydrogens is 388 g/mol. The van der Waals surface area contributed by atoms with Crippen molar-refractivity contribution in [1.82, 2.24) is 0 Å². The van der Waals surface area contributed by atoms with Crippen LogP contribution in [0, 0.1) is 6.92 Å². The summed E-state index contributed by atoms with van der Waals surface area (Å²) in [7, 11) is 0. The second-order valence-electron chi connectivity index (χ2n) is 6.62. The quantitative estimate of drug-likeness (QED) is 0.484. The molecule has 0 heterocycles. The maximum atomic E-state index is 12.5. The van der Waals surface area contributed by atoms with Crippen molar-refractivity contribution in [3.63, 3.8) is 0 Å². The summed E-state index contributed by atoms with van der Waals surface area (Å²) in [6.07, 6.45) is -0.0127. The van der Waals surface area contributed by atoms with Gasteiger partial charge in [-0.25, -0.2) is 0 Å². The predicted molar refractivity (Wildman–Crippen MR) is 112 cm³/mol. The zero-order valence-electron chi connectivity index (χ0n) is 17.1. The number of amides is 2. The molecule has 0 unspecified atom stereocenters. The first kappa shape index (κ1) is 22.6. The van der Waals surface area contributed by atoms with E-state index in [1.165, 1.54) is 32.0 Å². The van der Waals surface area contributed by atoms with Crippen molar-refractivity contribution in [2.24, 2.45) is 0 Å². The minimum atomic E-state index is -0.577. The van der Waals surface area contributed by atoms with Crippen molar-refractivity contribution in [2.75, 3.05) is 23.8 Å². The van der Waals surface area contributed by atoms with E-state index in [4.69, 9.17) is 9.47 Å². The number of anilines is 2. The van der Waals surface area contributed by atoms with Crippen LogP contribution < -0.4 is 15.4 Å². The van der Waals surface area contributed by atoms with Gasteiger partial charge in [0.15, 0.2) is 6.61 Å². The number of hydrogen-bond acceptors (Lipinski definition) is 6. The monoisotopic (exact) mass is 412 g/mol. The first-order valence-electron chi connectivity index (χ1n) is 9.32. The van der Waals surface area contributed by atoms with Crippen molar-refractivity contribution in [1.29, 1.82) is 0 Å². The van der Waals surface area contributed by atoms with Gasteiger partial charge >= 0.3 is 5.97 Å². The topological polar surface area (TPSA) is 111 Å². The average Bonchev–Trinajstić information content (AvgIpc) is 2.67. The van der Waals surface area contributed by atoms with E-state index in [1.807, 2.05) is 19.1 Å². The van der Waals surface area contributed by atoms with Crippen molar-refractivity contribution in [3.05, 3.63) is 53.6 Å². The highest BCUT2D eigenvalue weighted by Gasteiger charge is 2.16. The molecule has 0 atom stereocenters. The average molecular weight is 412 g/mol. The summed E-state index contributed by atoms with van der Waals surface area (Å²) in [5.74, 6) is -1.09. The van der Waals surface area contributed by atoms with E-state index in [0.717, 1.165) is 5.56 Å². The minimum Gasteiger partial charge on any atom is -0.493 e. The van der Waals surface area contributed by atoms with Crippen molar-refractivity contribution in [3.8, 4) is 5.75 Å². The van der Waals surface area contributed by atoms with Crippen molar-refractivity contribution < 1.29 is 28.7 Å². The molecular formula is C22H24N2O6. The van der Waals surface area contributed by atoms with Gasteiger partial charge in [0.25, 0.3) is 0 Å². The summed E-state index contributed by atoms with van der Waals surface area (Å²) < 4.78 is 10.5. The van der Waals surface area contributed by atoms with Crippen molar-refractivity contribution in [2.45, 2.75) is 27.2 Å². The third kappa shape index (κ3) is 7.38. The van der Waals surface area contributed by atoms with Crippen LogP contribution in [0.15, 0.2) is 42.5 Å². The minimum absolute atomic E-state index is 0.0127. The third-order valence-electron chi connectivity index (χ3n) is 3.91. The SMILES string of the molecule is CC(=O)Nc1ccc(C(=O)COC(=O)CCOc2ccc(C)cc2)c(NC(C)=O)c1. The Balaban J connectivity index is 1.90. The molecule has 0 fully saturated rings. The molecule has 30 heavy (non-hydrogen) atoms. The number of ketones is 1. The lowest BCUT2D eigenvalue weighted by Gasteiger charge is -2.12. The Kier molecular flexibility index (Phi) is 8.10. The molecule has 0 saturated carbocycles. The van der Waals surface area contributed by atoms with Gasteiger partial charge in [-0.2, -0.15) is 0 Å². The second-order valence-corrected chi connectivity index (χ2v) is 6.62. The van der Waals surface area contributed by atoms with E-state index < -0.39 is 18.4 Å². The van der Waals surface area contributed by atoms with Gasteiger partial charge < -0.3 is 20.1 Å². The zero-order valence-corrected chi connectivity index (χ0v) is 17.1. The van der Waals surface area contributed by atoms with Crippen LogP contribution in [-0.4, -0.2) is 36.8 Å². The standard InChI is InChI=1S/C22H24N2O6/c1-14-4-7-18(8-5-14)29-11-10-22(28)30-13-21(27)19-9-6-17(23-15(2)25)12-20(19)24-16(3)26/h4-9,12H,10-11,13H2,1-3H3,(H,23,25)(H,24,26). The summed E-state index contributed by atoms with van der Waals surface area (Å²) in [6, 6.07) is 11.8. The Morgan fingerprint density at radius 3 is 2.20 bits per heavy atom. The molecule has 8 heteroatoms. The molecule has 0 aromatic heterocycles. The van der Waals surface area contributed by atoms with Gasteiger partial charge in [0, 0.05) is 25.1 Å². The molecule has 158 valence electrons. The van der Waals surface area contributed by atoms with Gasteiger partial charge in [0.05, 0.1) is 18.7 Å². The maximum Gasteiger partial charge on any atom is 0.309 e. The molecule has 0 saturated heterocycles. The summed E-state index contributed by atoms with van der Waals surface area (Å²) in [5.41, 5.74) is 1.91. The molecule has 0 spiro atoms. The Morgan fingerprint density at radius 2 is 1.57 bits per heavy atom. The molecule has 8 nitrogen and oxygen atoms in total. The van der Waals surface area contributed by atoms with Crippen LogP contribution in [0.4, 0.5) is 11.4 Å². The number of nitrogens with one attached hydrogen (secondary N) is 2. The van der Waals surface area contributed by atoms with Crippen LogP contribution in [0.5, 0.6) is 5.75 Å². The molecule has 0 radical (unpaired) electrons. The van der Waals surface area contributed by atoms with Gasteiger partial charge in [0.2, 0.25) is 17.6 Å².